The molecule has 4 atom stereocenters. The monoisotopic (exact) mass is 504 g/mol. The molecule has 2 aliphatic rings. The fourth-order valence-electron chi connectivity index (χ4n) is 5.62. The van der Waals surface area contributed by atoms with Gasteiger partial charge < -0.3 is 35.3 Å². The van der Waals surface area contributed by atoms with Crippen LogP contribution in [-0.2, 0) is 4.74 Å². The molecule has 4 aromatic rings. The van der Waals surface area contributed by atoms with E-state index in [4.69, 9.17) is 15.2 Å². The van der Waals surface area contributed by atoms with Gasteiger partial charge in [-0.15, -0.1) is 0 Å². The van der Waals surface area contributed by atoms with E-state index in [2.05, 4.69) is 20.3 Å². The molecule has 0 bridgehead atoms. The average Bonchev–Trinajstić information content (AvgIpc) is 3.63. The first-order chi connectivity index (χ1) is 18.0. The molecule has 5 N–H and O–H groups in total. The Bertz CT molecular complexity index is 1420. The molecule has 1 aliphatic heterocycles. The minimum atomic E-state index is -1.15. The molecule has 194 valence electrons. The van der Waals surface area contributed by atoms with Crippen molar-refractivity contribution in [1.29, 1.82) is 0 Å². The molecule has 10 heteroatoms. The summed E-state index contributed by atoms with van der Waals surface area (Å²) in [5.41, 5.74) is 8.74. The Morgan fingerprint density at radius 3 is 2.76 bits per heavy atom. The first-order valence-corrected chi connectivity index (χ1v) is 12.9. The summed E-state index contributed by atoms with van der Waals surface area (Å²) in [6.07, 6.45) is 4.05. The number of aliphatic hydroxyl groups is 2. The van der Waals surface area contributed by atoms with Gasteiger partial charge >= 0.3 is 0 Å². The first-order valence-electron chi connectivity index (χ1n) is 12.9. The highest BCUT2D eigenvalue weighted by atomic mass is 16.6. The molecule has 1 aromatic carbocycles. The lowest BCUT2D eigenvalue weighted by molar-refractivity contribution is -0.0472. The molecule has 0 radical (unpaired) electrons. The van der Waals surface area contributed by atoms with E-state index in [9.17, 15) is 10.2 Å². The number of benzene rings is 1. The number of nitrogens with one attached hydrogen (secondary N) is 1. The zero-order valence-corrected chi connectivity index (χ0v) is 20.7. The third-order valence-electron chi connectivity index (χ3n) is 7.51. The SMILES string of the molecule is CCNc1ccc2ccc(OC[C@H]3O[C@@H](n4cc(C5CCCC5)c5c(N)ncnc54)[C@H](O)[C@@H]3O)cc2n1. The van der Waals surface area contributed by atoms with Gasteiger partial charge in [-0.1, -0.05) is 12.8 Å². The number of hydrogen-bond acceptors (Lipinski definition) is 9. The van der Waals surface area contributed by atoms with Gasteiger partial charge in [-0.2, -0.15) is 0 Å². The van der Waals surface area contributed by atoms with Gasteiger partial charge in [-0.25, -0.2) is 15.0 Å². The maximum Gasteiger partial charge on any atom is 0.164 e. The van der Waals surface area contributed by atoms with Gasteiger partial charge in [-0.05, 0) is 55.5 Å². The zero-order chi connectivity index (χ0) is 25.5. The van der Waals surface area contributed by atoms with Gasteiger partial charge in [0, 0.05) is 24.2 Å². The molecule has 4 heterocycles. The number of aromatic nitrogens is 4. The second-order valence-corrected chi connectivity index (χ2v) is 9.87. The standard InChI is InChI=1S/C27H32N6O4/c1-2-29-21-10-8-16-7-9-17(11-19(16)32-21)36-13-20-23(34)24(35)27(37-20)33-12-18(15-5-3-4-6-15)22-25(28)30-14-31-26(22)33/h7-12,14-15,20,23-24,27,34-35H,2-6,13H2,1H3,(H,29,32)(H2,28,30,31)/t20-,23-,24-,27-/m1/s1. The van der Waals surface area contributed by atoms with Crippen LogP contribution in [0.5, 0.6) is 5.75 Å². The normalized spacial score (nSPS) is 24.3. The molecule has 1 saturated carbocycles. The van der Waals surface area contributed by atoms with Crippen molar-refractivity contribution in [3.05, 3.63) is 48.4 Å². The van der Waals surface area contributed by atoms with E-state index in [1.807, 2.05) is 43.5 Å². The number of nitrogen functional groups attached to an aromatic ring is 1. The van der Waals surface area contributed by atoms with Crippen LogP contribution in [0.3, 0.4) is 0 Å². The number of nitrogens with two attached hydrogens (primary N) is 1. The van der Waals surface area contributed by atoms with Crippen LogP contribution in [0.4, 0.5) is 11.6 Å². The van der Waals surface area contributed by atoms with E-state index in [1.54, 1.807) is 4.57 Å². The van der Waals surface area contributed by atoms with Crippen LogP contribution >= 0.6 is 0 Å². The summed E-state index contributed by atoms with van der Waals surface area (Å²) >= 11 is 0. The van der Waals surface area contributed by atoms with Crippen LogP contribution < -0.4 is 15.8 Å². The van der Waals surface area contributed by atoms with Gasteiger partial charge in [-0.3, -0.25) is 0 Å². The average molecular weight is 505 g/mol. The predicted octanol–water partition coefficient (Wildman–Crippen LogP) is 3.35. The fraction of sp³-hybridized carbons (Fsp3) is 0.444. The quantitative estimate of drug-likeness (QED) is 0.298. The van der Waals surface area contributed by atoms with Crippen LogP contribution in [0.25, 0.3) is 21.9 Å². The highest BCUT2D eigenvalue weighted by Crippen LogP contribution is 2.42. The van der Waals surface area contributed by atoms with E-state index in [0.29, 0.717) is 23.1 Å². The lowest BCUT2D eigenvalue weighted by Crippen LogP contribution is -2.34. The lowest BCUT2D eigenvalue weighted by Gasteiger charge is -2.17. The summed E-state index contributed by atoms with van der Waals surface area (Å²) in [7, 11) is 0. The number of anilines is 2. The van der Waals surface area contributed by atoms with Crippen LogP contribution in [-0.4, -0.2) is 61.2 Å². The molecule has 37 heavy (non-hydrogen) atoms. The van der Waals surface area contributed by atoms with Crippen LogP contribution in [0, 0.1) is 0 Å². The van der Waals surface area contributed by atoms with E-state index in [-0.39, 0.29) is 6.61 Å². The second kappa shape index (κ2) is 9.77. The van der Waals surface area contributed by atoms with Gasteiger partial charge in [0.25, 0.3) is 0 Å². The van der Waals surface area contributed by atoms with Crippen LogP contribution in [0.15, 0.2) is 42.9 Å². The molecule has 1 saturated heterocycles. The molecule has 0 spiro atoms. The van der Waals surface area contributed by atoms with Gasteiger partial charge in [0.05, 0.1) is 10.9 Å². The van der Waals surface area contributed by atoms with E-state index in [0.717, 1.165) is 47.1 Å². The van der Waals surface area contributed by atoms with Crippen LogP contribution in [0.2, 0.25) is 0 Å². The Hall–Kier alpha value is -3.47. The minimum Gasteiger partial charge on any atom is -0.491 e. The fourth-order valence-corrected chi connectivity index (χ4v) is 5.62. The topological polar surface area (TPSA) is 141 Å². The summed E-state index contributed by atoms with van der Waals surface area (Å²) in [5.74, 6) is 2.20. The lowest BCUT2D eigenvalue weighted by atomic mass is 9.98. The molecule has 0 unspecified atom stereocenters. The minimum absolute atomic E-state index is 0.0684. The van der Waals surface area contributed by atoms with Crippen molar-refractivity contribution in [2.24, 2.45) is 0 Å². The maximum absolute atomic E-state index is 11.0. The molecule has 3 aromatic heterocycles. The summed E-state index contributed by atoms with van der Waals surface area (Å²) in [5, 5.41) is 26.8. The highest BCUT2D eigenvalue weighted by molar-refractivity contribution is 5.90. The molecular formula is C27H32N6O4. The van der Waals surface area contributed by atoms with Crippen LogP contribution in [0.1, 0.15) is 50.3 Å². The summed E-state index contributed by atoms with van der Waals surface area (Å²) in [6, 6.07) is 9.61. The first kappa shape index (κ1) is 23.9. The molecule has 10 nitrogen and oxygen atoms in total. The number of aliphatic hydroxyl groups excluding tert-OH is 2. The van der Waals surface area contributed by atoms with Crippen molar-refractivity contribution in [3.63, 3.8) is 0 Å². The summed E-state index contributed by atoms with van der Waals surface area (Å²) in [4.78, 5) is 13.3. The number of pyridine rings is 1. The predicted molar refractivity (Wildman–Crippen MR) is 140 cm³/mol. The van der Waals surface area contributed by atoms with E-state index in [1.165, 1.54) is 19.2 Å². The van der Waals surface area contributed by atoms with Crippen molar-refractivity contribution in [1.82, 2.24) is 19.5 Å². The van der Waals surface area contributed by atoms with Gasteiger partial charge in [0.2, 0.25) is 0 Å². The van der Waals surface area contributed by atoms with Crippen molar-refractivity contribution >= 4 is 33.6 Å². The zero-order valence-electron chi connectivity index (χ0n) is 20.7. The van der Waals surface area contributed by atoms with Crippen molar-refractivity contribution in [2.45, 2.75) is 63.1 Å². The third kappa shape index (κ3) is 4.35. The van der Waals surface area contributed by atoms with Crippen molar-refractivity contribution < 1.29 is 19.7 Å². The Morgan fingerprint density at radius 2 is 1.95 bits per heavy atom. The molecule has 1 aliphatic carbocycles. The maximum atomic E-state index is 11.0. The largest absolute Gasteiger partial charge is 0.491 e. The van der Waals surface area contributed by atoms with Crippen molar-refractivity contribution in [3.8, 4) is 5.75 Å². The van der Waals surface area contributed by atoms with E-state index >= 15 is 0 Å². The van der Waals surface area contributed by atoms with Gasteiger partial charge in [0.1, 0.15) is 54.3 Å². The Balaban J connectivity index is 1.23. The molecule has 2 fully saturated rings. The number of ether oxygens (including phenoxy) is 2. The van der Waals surface area contributed by atoms with Crippen molar-refractivity contribution in [2.75, 3.05) is 24.2 Å². The smallest absolute Gasteiger partial charge is 0.164 e. The number of nitrogens with zero attached hydrogens (tertiary/aromatic N) is 4. The molecular weight excluding hydrogens is 472 g/mol. The van der Waals surface area contributed by atoms with Gasteiger partial charge in [0.15, 0.2) is 6.23 Å². The highest BCUT2D eigenvalue weighted by Gasteiger charge is 2.45. The summed E-state index contributed by atoms with van der Waals surface area (Å²) < 4.78 is 13.9. The number of rotatable bonds is 7. The molecule has 6 rings (SSSR count). The number of fused-ring (bicyclic) bond motifs is 2. The Kier molecular flexibility index (Phi) is 6.31. The molecule has 0 amide bonds. The Morgan fingerprint density at radius 1 is 1.14 bits per heavy atom. The number of hydrogen-bond donors (Lipinski definition) is 4. The second-order valence-electron chi connectivity index (χ2n) is 9.87. The van der Waals surface area contributed by atoms with E-state index < -0.39 is 24.5 Å². The third-order valence-corrected chi connectivity index (χ3v) is 7.51. The summed E-state index contributed by atoms with van der Waals surface area (Å²) in [6.45, 7) is 2.87. The Labute approximate surface area is 214 Å².